The molecular formula is C16H19N3O2. The zero-order chi connectivity index (χ0) is 15.0. The highest BCUT2D eigenvalue weighted by Gasteiger charge is 2.32. The summed E-state index contributed by atoms with van der Waals surface area (Å²) in [6, 6.07) is 7.72. The van der Waals surface area contributed by atoms with Crippen LogP contribution in [0.15, 0.2) is 24.3 Å². The Bertz CT molecular complexity index is 683. The van der Waals surface area contributed by atoms with E-state index >= 15 is 0 Å². The van der Waals surface area contributed by atoms with Gasteiger partial charge >= 0.3 is 0 Å². The summed E-state index contributed by atoms with van der Waals surface area (Å²) in [7, 11) is 1.82. The van der Waals surface area contributed by atoms with Gasteiger partial charge in [-0.1, -0.05) is 12.1 Å². The standard InChI is InChI=1S/C16H19N3O2/c1-10-18-13(17-4)8-14(19-10)20-12-7-5-6-11-9-16(2,3)21-15(11)12/h5-8H,9H2,1-4H3,(H,17,18,19). The first-order valence-corrected chi connectivity index (χ1v) is 6.99. The fraction of sp³-hybridized carbons (Fsp3) is 0.375. The van der Waals surface area contributed by atoms with Crippen molar-refractivity contribution < 1.29 is 9.47 Å². The molecule has 0 saturated carbocycles. The fourth-order valence-corrected chi connectivity index (χ4v) is 2.50. The molecule has 110 valence electrons. The van der Waals surface area contributed by atoms with E-state index in [0.717, 1.165) is 23.6 Å². The third-order valence-electron chi connectivity index (χ3n) is 3.34. The molecule has 1 aromatic carbocycles. The maximum Gasteiger partial charge on any atom is 0.224 e. The van der Waals surface area contributed by atoms with Crippen molar-refractivity contribution in [2.75, 3.05) is 12.4 Å². The van der Waals surface area contributed by atoms with E-state index in [4.69, 9.17) is 9.47 Å². The van der Waals surface area contributed by atoms with Crippen molar-refractivity contribution in [3.8, 4) is 17.4 Å². The van der Waals surface area contributed by atoms with Crippen molar-refractivity contribution in [1.29, 1.82) is 0 Å². The second-order valence-corrected chi connectivity index (χ2v) is 5.77. The summed E-state index contributed by atoms with van der Waals surface area (Å²) in [5, 5.41) is 3.00. The number of hydrogen-bond acceptors (Lipinski definition) is 5. The van der Waals surface area contributed by atoms with Gasteiger partial charge in [0.25, 0.3) is 0 Å². The van der Waals surface area contributed by atoms with E-state index < -0.39 is 0 Å². The van der Waals surface area contributed by atoms with Crippen LogP contribution in [0, 0.1) is 6.92 Å². The molecule has 21 heavy (non-hydrogen) atoms. The van der Waals surface area contributed by atoms with Crippen LogP contribution in [0.25, 0.3) is 0 Å². The predicted molar refractivity (Wildman–Crippen MR) is 81.2 cm³/mol. The number of aryl methyl sites for hydroxylation is 1. The van der Waals surface area contributed by atoms with Crippen molar-refractivity contribution >= 4 is 5.82 Å². The molecule has 5 heteroatoms. The van der Waals surface area contributed by atoms with E-state index in [1.807, 2.05) is 26.1 Å². The second-order valence-electron chi connectivity index (χ2n) is 5.77. The third-order valence-corrected chi connectivity index (χ3v) is 3.34. The molecule has 2 heterocycles. The Morgan fingerprint density at radius 3 is 2.86 bits per heavy atom. The molecule has 5 nitrogen and oxygen atoms in total. The van der Waals surface area contributed by atoms with Gasteiger partial charge in [-0.25, -0.2) is 4.98 Å². The lowest BCUT2D eigenvalue weighted by Crippen LogP contribution is -2.24. The first-order chi connectivity index (χ1) is 9.97. The molecule has 0 fully saturated rings. The first kappa shape index (κ1) is 13.7. The van der Waals surface area contributed by atoms with Gasteiger partial charge in [0.2, 0.25) is 5.88 Å². The molecule has 0 amide bonds. The van der Waals surface area contributed by atoms with Crippen LogP contribution in [0.5, 0.6) is 17.4 Å². The Kier molecular flexibility index (Phi) is 3.20. The van der Waals surface area contributed by atoms with Crippen LogP contribution in [0.3, 0.4) is 0 Å². The van der Waals surface area contributed by atoms with Crippen LogP contribution in [0.4, 0.5) is 5.82 Å². The number of rotatable bonds is 3. The van der Waals surface area contributed by atoms with Gasteiger partial charge in [0, 0.05) is 25.1 Å². The number of nitrogens with one attached hydrogen (secondary N) is 1. The summed E-state index contributed by atoms with van der Waals surface area (Å²) in [6.45, 7) is 5.98. The Balaban J connectivity index is 1.94. The lowest BCUT2D eigenvalue weighted by molar-refractivity contribution is 0.135. The van der Waals surface area contributed by atoms with Gasteiger partial charge in [-0.05, 0) is 26.8 Å². The van der Waals surface area contributed by atoms with E-state index in [1.165, 1.54) is 0 Å². The van der Waals surface area contributed by atoms with Gasteiger partial charge in [0.15, 0.2) is 11.5 Å². The maximum atomic E-state index is 6.00. The normalized spacial score (nSPS) is 15.2. The summed E-state index contributed by atoms with van der Waals surface area (Å²) in [5.74, 6) is 3.40. The van der Waals surface area contributed by atoms with Crippen LogP contribution in [-0.4, -0.2) is 22.6 Å². The number of ether oxygens (including phenoxy) is 2. The second kappa shape index (κ2) is 4.91. The summed E-state index contributed by atoms with van der Waals surface area (Å²) in [4.78, 5) is 8.57. The Hall–Kier alpha value is -2.30. The minimum absolute atomic E-state index is 0.195. The van der Waals surface area contributed by atoms with Gasteiger partial charge in [-0.3, -0.25) is 0 Å². The molecule has 1 aliphatic heterocycles. The topological polar surface area (TPSA) is 56.3 Å². The first-order valence-electron chi connectivity index (χ1n) is 6.99. The number of aromatic nitrogens is 2. The van der Waals surface area contributed by atoms with Gasteiger partial charge < -0.3 is 14.8 Å². The lowest BCUT2D eigenvalue weighted by Gasteiger charge is -2.18. The molecule has 0 bridgehead atoms. The molecule has 1 aromatic heterocycles. The van der Waals surface area contributed by atoms with E-state index in [-0.39, 0.29) is 5.60 Å². The molecular weight excluding hydrogens is 266 g/mol. The van der Waals surface area contributed by atoms with E-state index in [1.54, 1.807) is 6.07 Å². The molecule has 0 unspecified atom stereocenters. The van der Waals surface area contributed by atoms with Crippen LogP contribution in [0.1, 0.15) is 25.2 Å². The molecule has 2 aromatic rings. The van der Waals surface area contributed by atoms with E-state index in [0.29, 0.717) is 17.5 Å². The number of nitrogens with zero attached hydrogens (tertiary/aromatic N) is 2. The molecule has 1 N–H and O–H groups in total. The number of benzene rings is 1. The average Bonchev–Trinajstić information content (AvgIpc) is 2.73. The van der Waals surface area contributed by atoms with Crippen LogP contribution in [-0.2, 0) is 6.42 Å². The summed E-state index contributed by atoms with van der Waals surface area (Å²) in [5.41, 5.74) is 0.969. The quantitative estimate of drug-likeness (QED) is 0.937. The molecule has 3 rings (SSSR count). The highest BCUT2D eigenvalue weighted by molar-refractivity contribution is 5.51. The van der Waals surface area contributed by atoms with Gasteiger partial charge in [-0.2, -0.15) is 4.98 Å². The highest BCUT2D eigenvalue weighted by Crippen LogP contribution is 2.43. The van der Waals surface area contributed by atoms with Crippen molar-refractivity contribution in [1.82, 2.24) is 9.97 Å². The number of anilines is 1. The van der Waals surface area contributed by atoms with Gasteiger partial charge in [0.1, 0.15) is 17.2 Å². The number of hydrogen-bond donors (Lipinski definition) is 1. The average molecular weight is 285 g/mol. The minimum Gasteiger partial charge on any atom is -0.483 e. The molecule has 0 spiro atoms. The summed E-state index contributed by atoms with van der Waals surface area (Å²) < 4.78 is 11.9. The third kappa shape index (κ3) is 2.77. The molecule has 1 aliphatic rings. The molecule has 0 saturated heterocycles. The molecule has 0 radical (unpaired) electrons. The minimum atomic E-state index is -0.195. The highest BCUT2D eigenvalue weighted by atomic mass is 16.5. The number of fused-ring (bicyclic) bond motifs is 1. The zero-order valence-corrected chi connectivity index (χ0v) is 12.7. The molecule has 0 atom stereocenters. The SMILES string of the molecule is CNc1cc(Oc2cccc3c2OC(C)(C)C3)nc(C)n1. The Morgan fingerprint density at radius 2 is 2.10 bits per heavy atom. The van der Waals surface area contributed by atoms with Crippen LogP contribution >= 0.6 is 0 Å². The Morgan fingerprint density at radius 1 is 1.29 bits per heavy atom. The zero-order valence-electron chi connectivity index (χ0n) is 12.7. The van der Waals surface area contributed by atoms with Crippen molar-refractivity contribution in [2.24, 2.45) is 0 Å². The monoisotopic (exact) mass is 285 g/mol. The van der Waals surface area contributed by atoms with E-state index in [9.17, 15) is 0 Å². The van der Waals surface area contributed by atoms with Gasteiger partial charge in [-0.15, -0.1) is 0 Å². The maximum absolute atomic E-state index is 6.00. The predicted octanol–water partition coefficient (Wildman–Crippen LogP) is 3.33. The lowest BCUT2D eigenvalue weighted by atomic mass is 10.0. The van der Waals surface area contributed by atoms with Crippen molar-refractivity contribution in [3.05, 3.63) is 35.7 Å². The smallest absolute Gasteiger partial charge is 0.224 e. The summed E-state index contributed by atoms with van der Waals surface area (Å²) >= 11 is 0. The van der Waals surface area contributed by atoms with Gasteiger partial charge in [0.05, 0.1) is 0 Å². The van der Waals surface area contributed by atoms with E-state index in [2.05, 4.69) is 35.2 Å². The Labute approximate surface area is 124 Å². The van der Waals surface area contributed by atoms with Crippen molar-refractivity contribution in [3.63, 3.8) is 0 Å². The van der Waals surface area contributed by atoms with Crippen molar-refractivity contribution in [2.45, 2.75) is 32.8 Å². The summed E-state index contributed by atoms with van der Waals surface area (Å²) in [6.07, 6.45) is 0.879. The number of para-hydroxylation sites is 1. The molecule has 0 aliphatic carbocycles. The fourth-order valence-electron chi connectivity index (χ4n) is 2.50. The van der Waals surface area contributed by atoms with Crippen LogP contribution in [0.2, 0.25) is 0 Å². The largest absolute Gasteiger partial charge is 0.483 e. The van der Waals surface area contributed by atoms with Crippen LogP contribution < -0.4 is 14.8 Å².